The zero-order valence-electron chi connectivity index (χ0n) is 9.46. The molecule has 78 valence electrons. The van der Waals surface area contributed by atoms with E-state index in [9.17, 15) is 0 Å². The quantitative estimate of drug-likeness (QED) is 0.756. The molecule has 0 atom stereocenters. The molecule has 0 saturated heterocycles. The summed E-state index contributed by atoms with van der Waals surface area (Å²) in [5, 5.41) is 12.1. The van der Waals surface area contributed by atoms with Crippen LogP contribution in [0.4, 0.5) is 5.69 Å². The minimum absolute atomic E-state index is 0.654. The fourth-order valence-corrected chi connectivity index (χ4v) is 1.19. The zero-order valence-corrected chi connectivity index (χ0v) is 9.46. The largest absolute Gasteiger partial charge is 0.347 e. The molecule has 0 spiro atoms. The van der Waals surface area contributed by atoms with Crippen molar-refractivity contribution < 1.29 is 0 Å². The van der Waals surface area contributed by atoms with Gasteiger partial charge in [-0.2, -0.15) is 5.26 Å². The molecule has 0 unspecified atom stereocenters. The Morgan fingerprint density at radius 2 is 1.93 bits per heavy atom. The molecule has 0 heterocycles. The molecule has 1 aromatic carbocycles. The number of benzene rings is 1. The van der Waals surface area contributed by atoms with E-state index in [0.717, 1.165) is 17.7 Å². The number of allylic oxidation sites excluding steroid dienone is 2. The number of aryl methyl sites for hydroxylation is 1. The number of anilines is 1. The highest BCUT2D eigenvalue weighted by atomic mass is 14.9. The minimum atomic E-state index is 0.654. The molecule has 0 aliphatic carbocycles. The molecule has 2 heteroatoms. The van der Waals surface area contributed by atoms with Gasteiger partial charge in [-0.15, -0.1) is 0 Å². The third-order valence-corrected chi connectivity index (χ3v) is 2.39. The predicted octanol–water partition coefficient (Wildman–Crippen LogP) is 3.61. The second kappa shape index (κ2) is 5.21. The lowest BCUT2D eigenvalue weighted by Crippen LogP contribution is -2.00. The Labute approximate surface area is 91.2 Å². The number of hydrogen-bond acceptors (Lipinski definition) is 2. The van der Waals surface area contributed by atoms with Gasteiger partial charge in [0.15, 0.2) is 0 Å². The van der Waals surface area contributed by atoms with E-state index < -0.39 is 0 Å². The van der Waals surface area contributed by atoms with Gasteiger partial charge in [0.05, 0.1) is 0 Å². The summed E-state index contributed by atoms with van der Waals surface area (Å²) in [6.45, 7) is 6.06. The summed E-state index contributed by atoms with van der Waals surface area (Å²) < 4.78 is 0. The van der Waals surface area contributed by atoms with Gasteiger partial charge in [-0.05, 0) is 38.0 Å². The van der Waals surface area contributed by atoms with Crippen molar-refractivity contribution in [1.82, 2.24) is 0 Å². The van der Waals surface area contributed by atoms with Crippen LogP contribution in [0.1, 0.15) is 25.8 Å². The molecule has 0 saturated carbocycles. The molecule has 0 amide bonds. The van der Waals surface area contributed by atoms with Crippen molar-refractivity contribution in [1.29, 1.82) is 5.26 Å². The SMILES string of the molecule is CC/C(C)=C(/C#N)Nc1ccc(C)cc1. The lowest BCUT2D eigenvalue weighted by atomic mass is 10.1. The van der Waals surface area contributed by atoms with Crippen molar-refractivity contribution in [3.63, 3.8) is 0 Å². The van der Waals surface area contributed by atoms with Gasteiger partial charge in [-0.25, -0.2) is 0 Å². The third kappa shape index (κ3) is 3.14. The number of nitriles is 1. The second-order valence-electron chi connectivity index (χ2n) is 3.61. The van der Waals surface area contributed by atoms with Gasteiger partial charge in [-0.3, -0.25) is 0 Å². The van der Waals surface area contributed by atoms with Crippen molar-refractivity contribution in [3.8, 4) is 6.07 Å². The average Bonchev–Trinajstić information content (AvgIpc) is 2.27. The fraction of sp³-hybridized carbons (Fsp3) is 0.308. The molecular weight excluding hydrogens is 184 g/mol. The topological polar surface area (TPSA) is 35.8 Å². The molecule has 0 aromatic heterocycles. The van der Waals surface area contributed by atoms with E-state index >= 15 is 0 Å². The Kier molecular flexibility index (Phi) is 3.93. The van der Waals surface area contributed by atoms with Gasteiger partial charge in [0, 0.05) is 5.69 Å². The first-order valence-electron chi connectivity index (χ1n) is 5.11. The van der Waals surface area contributed by atoms with E-state index in [2.05, 4.69) is 11.4 Å². The standard InChI is InChI=1S/C13H16N2/c1-4-11(3)13(9-14)15-12-7-5-10(2)6-8-12/h5-8,15H,4H2,1-3H3/b13-11-. The van der Waals surface area contributed by atoms with Crippen LogP contribution >= 0.6 is 0 Å². The molecule has 0 fully saturated rings. The second-order valence-corrected chi connectivity index (χ2v) is 3.61. The summed E-state index contributed by atoms with van der Waals surface area (Å²) in [4.78, 5) is 0. The molecule has 1 aromatic rings. The Bertz CT molecular complexity index is 394. The van der Waals surface area contributed by atoms with Crippen LogP contribution in [0.25, 0.3) is 0 Å². The van der Waals surface area contributed by atoms with Crippen LogP contribution < -0.4 is 5.32 Å². The molecule has 0 radical (unpaired) electrons. The van der Waals surface area contributed by atoms with Gasteiger partial charge in [0.1, 0.15) is 11.8 Å². The van der Waals surface area contributed by atoms with Crippen molar-refractivity contribution in [2.75, 3.05) is 5.32 Å². The Morgan fingerprint density at radius 3 is 2.40 bits per heavy atom. The first kappa shape index (κ1) is 11.3. The van der Waals surface area contributed by atoms with E-state index in [4.69, 9.17) is 5.26 Å². The van der Waals surface area contributed by atoms with Gasteiger partial charge in [-0.1, -0.05) is 24.6 Å². The van der Waals surface area contributed by atoms with Gasteiger partial charge < -0.3 is 5.32 Å². The molecular formula is C13H16N2. The Morgan fingerprint density at radius 1 is 1.33 bits per heavy atom. The number of nitrogens with one attached hydrogen (secondary N) is 1. The zero-order chi connectivity index (χ0) is 11.3. The number of rotatable bonds is 3. The van der Waals surface area contributed by atoms with Crippen molar-refractivity contribution in [2.24, 2.45) is 0 Å². The van der Waals surface area contributed by atoms with Gasteiger partial charge >= 0.3 is 0 Å². The Balaban J connectivity index is 2.86. The molecule has 0 bridgehead atoms. The summed E-state index contributed by atoms with van der Waals surface area (Å²) in [6.07, 6.45) is 0.891. The molecule has 0 aliphatic rings. The van der Waals surface area contributed by atoms with Crippen LogP contribution in [0.3, 0.4) is 0 Å². The fourth-order valence-electron chi connectivity index (χ4n) is 1.19. The summed E-state index contributed by atoms with van der Waals surface area (Å²) in [7, 11) is 0. The maximum Gasteiger partial charge on any atom is 0.117 e. The Hall–Kier alpha value is -1.75. The van der Waals surface area contributed by atoms with Crippen LogP contribution in [0.5, 0.6) is 0 Å². The molecule has 2 nitrogen and oxygen atoms in total. The van der Waals surface area contributed by atoms with Crippen LogP contribution in [-0.2, 0) is 0 Å². The van der Waals surface area contributed by atoms with Crippen molar-refractivity contribution >= 4 is 5.69 Å². The first-order valence-corrected chi connectivity index (χ1v) is 5.11. The molecule has 0 aliphatic heterocycles. The van der Waals surface area contributed by atoms with E-state index in [0.29, 0.717) is 5.70 Å². The number of hydrogen-bond donors (Lipinski definition) is 1. The lowest BCUT2D eigenvalue weighted by molar-refractivity contribution is 1.07. The van der Waals surface area contributed by atoms with Crippen LogP contribution in [0.15, 0.2) is 35.5 Å². The predicted molar refractivity (Wildman–Crippen MR) is 63.4 cm³/mol. The summed E-state index contributed by atoms with van der Waals surface area (Å²) in [6, 6.07) is 10.2. The highest BCUT2D eigenvalue weighted by molar-refractivity contribution is 5.53. The van der Waals surface area contributed by atoms with E-state index in [-0.39, 0.29) is 0 Å². The summed E-state index contributed by atoms with van der Waals surface area (Å²) in [5.74, 6) is 0. The summed E-state index contributed by atoms with van der Waals surface area (Å²) in [5.41, 5.74) is 3.92. The third-order valence-electron chi connectivity index (χ3n) is 2.39. The molecule has 1 N–H and O–H groups in total. The smallest absolute Gasteiger partial charge is 0.117 e. The number of nitrogens with zero attached hydrogens (tertiary/aromatic N) is 1. The normalized spacial score (nSPS) is 11.6. The average molecular weight is 200 g/mol. The summed E-state index contributed by atoms with van der Waals surface area (Å²) >= 11 is 0. The van der Waals surface area contributed by atoms with Crippen molar-refractivity contribution in [2.45, 2.75) is 27.2 Å². The van der Waals surface area contributed by atoms with Gasteiger partial charge in [0.25, 0.3) is 0 Å². The van der Waals surface area contributed by atoms with E-state index in [1.807, 2.05) is 45.0 Å². The highest BCUT2D eigenvalue weighted by Crippen LogP contribution is 2.14. The monoisotopic (exact) mass is 200 g/mol. The maximum absolute atomic E-state index is 8.97. The van der Waals surface area contributed by atoms with Crippen LogP contribution in [0, 0.1) is 18.3 Å². The first-order chi connectivity index (χ1) is 7.17. The highest BCUT2D eigenvalue weighted by Gasteiger charge is 2.00. The molecule has 15 heavy (non-hydrogen) atoms. The minimum Gasteiger partial charge on any atom is -0.347 e. The van der Waals surface area contributed by atoms with Crippen LogP contribution in [-0.4, -0.2) is 0 Å². The van der Waals surface area contributed by atoms with E-state index in [1.54, 1.807) is 0 Å². The maximum atomic E-state index is 8.97. The van der Waals surface area contributed by atoms with E-state index in [1.165, 1.54) is 5.56 Å². The lowest BCUT2D eigenvalue weighted by Gasteiger charge is -2.07. The van der Waals surface area contributed by atoms with Crippen LogP contribution in [0.2, 0.25) is 0 Å². The molecule has 1 rings (SSSR count). The van der Waals surface area contributed by atoms with Gasteiger partial charge in [0.2, 0.25) is 0 Å². The van der Waals surface area contributed by atoms with Crippen molar-refractivity contribution in [3.05, 3.63) is 41.1 Å².